The fourth-order valence-electron chi connectivity index (χ4n) is 4.51. The summed E-state index contributed by atoms with van der Waals surface area (Å²) < 4.78 is 1.35. The molecule has 0 fully saturated rings. The number of aromatic nitrogens is 2. The van der Waals surface area contributed by atoms with Crippen LogP contribution in [0.15, 0.2) is 65.5 Å². The van der Waals surface area contributed by atoms with Crippen LogP contribution in [-0.2, 0) is 11.3 Å². The van der Waals surface area contributed by atoms with Gasteiger partial charge in [0, 0.05) is 46.8 Å². The predicted octanol–water partition coefficient (Wildman–Crippen LogP) is 5.33. The molecule has 0 aliphatic carbocycles. The standard InChI is InChI=1S/C30H30Cl3N5O3/c1-18-8-10-19(11-9-18)28(39)37(15-5-14-34)26(30(41)36(2)3)27-35-25-16-20(31)12-13-21(25)29(40)38(27)17-22-23(32)6-4-7-24(22)33/h4,6-13,16,26H,5,14-15,17,34H2,1-3H3. The van der Waals surface area contributed by atoms with E-state index in [1.54, 1.807) is 62.6 Å². The summed E-state index contributed by atoms with van der Waals surface area (Å²) in [5.41, 5.74) is 7.54. The van der Waals surface area contributed by atoms with Crippen molar-refractivity contribution < 1.29 is 9.59 Å². The summed E-state index contributed by atoms with van der Waals surface area (Å²) in [6, 6.07) is 15.5. The molecule has 4 rings (SSSR count). The van der Waals surface area contributed by atoms with E-state index in [-0.39, 0.29) is 36.4 Å². The normalized spacial score (nSPS) is 11.9. The summed E-state index contributed by atoms with van der Waals surface area (Å²) in [7, 11) is 3.16. The van der Waals surface area contributed by atoms with Crippen LogP contribution in [0.5, 0.6) is 0 Å². The van der Waals surface area contributed by atoms with E-state index in [0.717, 1.165) is 5.56 Å². The van der Waals surface area contributed by atoms with Crippen molar-refractivity contribution in [2.45, 2.75) is 25.9 Å². The molecule has 214 valence electrons. The molecule has 41 heavy (non-hydrogen) atoms. The van der Waals surface area contributed by atoms with E-state index in [9.17, 15) is 14.4 Å². The minimum Gasteiger partial charge on any atom is -0.347 e. The van der Waals surface area contributed by atoms with Crippen molar-refractivity contribution in [3.05, 3.63) is 109 Å². The zero-order valence-corrected chi connectivity index (χ0v) is 25.2. The number of hydrogen-bond donors (Lipinski definition) is 1. The fourth-order valence-corrected chi connectivity index (χ4v) is 5.20. The van der Waals surface area contributed by atoms with Crippen LogP contribution in [0.3, 0.4) is 0 Å². The lowest BCUT2D eigenvalue weighted by atomic mass is 10.1. The highest BCUT2D eigenvalue weighted by Gasteiger charge is 2.37. The van der Waals surface area contributed by atoms with Crippen LogP contribution < -0.4 is 11.3 Å². The molecule has 0 aliphatic rings. The van der Waals surface area contributed by atoms with Gasteiger partial charge in [0.25, 0.3) is 17.4 Å². The van der Waals surface area contributed by atoms with Gasteiger partial charge >= 0.3 is 0 Å². The van der Waals surface area contributed by atoms with Crippen LogP contribution in [0.4, 0.5) is 0 Å². The Bertz CT molecular complexity index is 1630. The average molecular weight is 615 g/mol. The fraction of sp³-hybridized carbons (Fsp3) is 0.267. The molecule has 0 spiro atoms. The third-order valence-corrected chi connectivity index (χ3v) is 7.66. The number of fused-ring (bicyclic) bond motifs is 1. The second-order valence-corrected chi connectivity index (χ2v) is 11.1. The summed E-state index contributed by atoms with van der Waals surface area (Å²) >= 11 is 19.3. The van der Waals surface area contributed by atoms with Crippen molar-refractivity contribution in [2.24, 2.45) is 5.73 Å². The molecule has 4 aromatic rings. The van der Waals surface area contributed by atoms with Gasteiger partial charge in [-0.3, -0.25) is 19.0 Å². The minimum atomic E-state index is -1.28. The van der Waals surface area contributed by atoms with Crippen molar-refractivity contribution >= 4 is 57.5 Å². The number of carbonyl (C=O) groups is 2. The SMILES string of the molecule is Cc1ccc(C(=O)N(CCCN)C(C(=O)N(C)C)c2nc3cc(Cl)ccc3c(=O)n2Cc2c(Cl)cccc2Cl)cc1. The van der Waals surface area contributed by atoms with Gasteiger partial charge < -0.3 is 15.5 Å². The number of aryl methyl sites for hydroxylation is 1. The third-order valence-electron chi connectivity index (χ3n) is 6.72. The number of hydrogen-bond acceptors (Lipinski definition) is 5. The van der Waals surface area contributed by atoms with Crippen molar-refractivity contribution in [1.82, 2.24) is 19.4 Å². The Morgan fingerprint density at radius 2 is 1.66 bits per heavy atom. The molecule has 1 aromatic heterocycles. The van der Waals surface area contributed by atoms with Gasteiger partial charge in [0.15, 0.2) is 6.04 Å². The zero-order valence-electron chi connectivity index (χ0n) is 22.9. The first-order valence-corrected chi connectivity index (χ1v) is 14.1. The first-order chi connectivity index (χ1) is 19.5. The Labute approximate surface area is 253 Å². The van der Waals surface area contributed by atoms with Crippen LogP contribution in [0.1, 0.15) is 39.8 Å². The highest BCUT2D eigenvalue weighted by atomic mass is 35.5. The quantitative estimate of drug-likeness (QED) is 0.275. The monoisotopic (exact) mass is 613 g/mol. The second kappa shape index (κ2) is 13.0. The average Bonchev–Trinajstić information content (AvgIpc) is 2.93. The summed E-state index contributed by atoms with van der Waals surface area (Å²) in [5.74, 6) is -0.798. The van der Waals surface area contributed by atoms with Gasteiger partial charge in [-0.2, -0.15) is 0 Å². The molecular weight excluding hydrogens is 585 g/mol. The highest BCUT2D eigenvalue weighted by Crippen LogP contribution is 2.29. The summed E-state index contributed by atoms with van der Waals surface area (Å²) in [5, 5.41) is 1.35. The van der Waals surface area contributed by atoms with Gasteiger partial charge in [0.2, 0.25) is 0 Å². The molecule has 11 heteroatoms. The van der Waals surface area contributed by atoms with E-state index < -0.39 is 23.4 Å². The van der Waals surface area contributed by atoms with E-state index in [1.807, 2.05) is 19.1 Å². The molecule has 2 amide bonds. The molecule has 1 unspecified atom stereocenters. The smallest absolute Gasteiger partial charge is 0.261 e. The predicted molar refractivity (Wildman–Crippen MR) is 164 cm³/mol. The summed E-state index contributed by atoms with van der Waals surface area (Å²) in [6.07, 6.45) is 0.412. The molecule has 0 saturated heterocycles. The highest BCUT2D eigenvalue weighted by molar-refractivity contribution is 6.36. The molecule has 0 aliphatic heterocycles. The Hall–Kier alpha value is -3.43. The van der Waals surface area contributed by atoms with E-state index in [0.29, 0.717) is 32.6 Å². The van der Waals surface area contributed by atoms with E-state index in [4.69, 9.17) is 45.5 Å². The van der Waals surface area contributed by atoms with Crippen molar-refractivity contribution in [1.29, 1.82) is 0 Å². The molecule has 1 atom stereocenters. The maximum atomic E-state index is 14.0. The lowest BCUT2D eigenvalue weighted by Gasteiger charge is -2.33. The lowest BCUT2D eigenvalue weighted by molar-refractivity contribution is -0.134. The number of carbonyl (C=O) groups excluding carboxylic acids is 2. The maximum Gasteiger partial charge on any atom is 0.261 e. The zero-order chi connectivity index (χ0) is 29.8. The molecule has 0 saturated carbocycles. The van der Waals surface area contributed by atoms with Crippen molar-refractivity contribution in [3.8, 4) is 0 Å². The van der Waals surface area contributed by atoms with Gasteiger partial charge in [0.05, 0.1) is 17.4 Å². The topological polar surface area (TPSA) is 102 Å². The van der Waals surface area contributed by atoms with E-state index >= 15 is 0 Å². The molecular formula is C30H30Cl3N5O3. The molecule has 0 radical (unpaired) electrons. The summed E-state index contributed by atoms with van der Waals surface area (Å²) in [6.45, 7) is 2.26. The Morgan fingerprint density at radius 3 is 2.27 bits per heavy atom. The first-order valence-electron chi connectivity index (χ1n) is 12.9. The maximum absolute atomic E-state index is 14.0. The number of amides is 2. The van der Waals surface area contributed by atoms with Crippen molar-refractivity contribution in [2.75, 3.05) is 27.2 Å². The van der Waals surface area contributed by atoms with Crippen LogP contribution in [-0.4, -0.2) is 58.4 Å². The summed E-state index contributed by atoms with van der Waals surface area (Å²) in [4.78, 5) is 49.6. The number of benzene rings is 3. The van der Waals surface area contributed by atoms with Crippen LogP contribution in [0.2, 0.25) is 15.1 Å². The van der Waals surface area contributed by atoms with Crippen molar-refractivity contribution in [3.63, 3.8) is 0 Å². The second-order valence-electron chi connectivity index (χ2n) is 9.86. The Morgan fingerprint density at radius 1 is 1.00 bits per heavy atom. The Kier molecular flexibility index (Phi) is 9.71. The molecule has 2 N–H and O–H groups in total. The van der Waals surface area contributed by atoms with Gasteiger partial charge in [0.1, 0.15) is 5.82 Å². The minimum absolute atomic E-state index is 0.0527. The number of nitrogens with two attached hydrogens (primary N) is 1. The molecule has 0 bridgehead atoms. The van der Waals surface area contributed by atoms with Crippen LogP contribution in [0, 0.1) is 6.92 Å². The third kappa shape index (κ3) is 6.57. The van der Waals surface area contributed by atoms with Gasteiger partial charge in [-0.15, -0.1) is 0 Å². The Balaban J connectivity index is 2.03. The van der Waals surface area contributed by atoms with Gasteiger partial charge in [-0.25, -0.2) is 4.98 Å². The lowest BCUT2D eigenvalue weighted by Crippen LogP contribution is -2.47. The number of nitrogens with zero attached hydrogens (tertiary/aromatic N) is 4. The number of halogens is 3. The van der Waals surface area contributed by atoms with Gasteiger partial charge in [-0.1, -0.05) is 58.6 Å². The number of likely N-dealkylation sites (N-methyl/N-ethyl adjacent to an activating group) is 1. The first kappa shape index (κ1) is 30.5. The molecule has 1 heterocycles. The van der Waals surface area contributed by atoms with Gasteiger partial charge in [-0.05, 0) is 62.4 Å². The van der Waals surface area contributed by atoms with E-state index in [1.165, 1.54) is 14.4 Å². The largest absolute Gasteiger partial charge is 0.347 e. The van der Waals surface area contributed by atoms with Crippen LogP contribution >= 0.6 is 34.8 Å². The van der Waals surface area contributed by atoms with Crippen LogP contribution in [0.25, 0.3) is 10.9 Å². The molecule has 8 nitrogen and oxygen atoms in total. The number of rotatable bonds is 9. The van der Waals surface area contributed by atoms with E-state index in [2.05, 4.69) is 0 Å². The molecule has 3 aromatic carbocycles.